The molecule has 0 saturated carbocycles. The van der Waals surface area contributed by atoms with Gasteiger partial charge in [-0.25, -0.2) is 19.3 Å². The molecule has 6 rings (SSSR count). The van der Waals surface area contributed by atoms with Crippen LogP contribution in [0.5, 0.6) is 0 Å². The molecule has 8 atom stereocenters. The van der Waals surface area contributed by atoms with Crippen molar-refractivity contribution in [2.75, 3.05) is 24.7 Å². The highest BCUT2D eigenvalue weighted by molar-refractivity contribution is 8.07. The number of aromatic amines is 1. The number of nitrogens with zero attached hydrogens (tertiary/aromatic N) is 7. The number of halogens is 1. The smallest absolute Gasteiger partial charge is 0.325 e. The molecule has 220 valence electrons. The second kappa shape index (κ2) is 10.6. The van der Waals surface area contributed by atoms with Crippen molar-refractivity contribution in [3.63, 3.8) is 0 Å². The molecule has 0 aliphatic carbocycles. The summed E-state index contributed by atoms with van der Waals surface area (Å²) in [6.45, 7) is -5.32. The average molecular weight is 615 g/mol. The second-order valence-corrected chi connectivity index (χ2v) is 12.1. The maximum absolute atomic E-state index is 15.3. The fourth-order valence-electron chi connectivity index (χ4n) is 4.81. The van der Waals surface area contributed by atoms with Crippen molar-refractivity contribution >= 4 is 47.2 Å². The number of rotatable bonds is 8. The number of anilines is 2. The van der Waals surface area contributed by atoms with E-state index in [0.29, 0.717) is 11.2 Å². The number of aliphatic hydroxyl groups is 2. The lowest BCUT2D eigenvalue weighted by Crippen LogP contribution is -2.32. The Kier molecular flexibility index (Phi) is 7.20. The summed E-state index contributed by atoms with van der Waals surface area (Å²) >= 11 is 5.13. The summed E-state index contributed by atoms with van der Waals surface area (Å²) in [6, 6.07) is 0. The number of aliphatic hydroxyl groups excluding tert-OH is 2. The van der Waals surface area contributed by atoms with Gasteiger partial charge in [0.2, 0.25) is 11.9 Å². The third-order valence-corrected chi connectivity index (χ3v) is 8.31. The van der Waals surface area contributed by atoms with Crippen molar-refractivity contribution in [2.24, 2.45) is 0 Å². The van der Waals surface area contributed by atoms with Gasteiger partial charge < -0.3 is 40.6 Å². The molecule has 2 unspecified atom stereocenters. The van der Waals surface area contributed by atoms with Crippen molar-refractivity contribution in [1.29, 1.82) is 0 Å². The van der Waals surface area contributed by atoms with Crippen LogP contribution in [0, 0.1) is 0 Å². The Morgan fingerprint density at radius 1 is 1.24 bits per heavy atom. The van der Waals surface area contributed by atoms with Gasteiger partial charge in [0.25, 0.3) is 5.56 Å². The molecule has 0 amide bonds. The van der Waals surface area contributed by atoms with E-state index >= 15 is 4.39 Å². The maximum Gasteiger partial charge on any atom is 0.325 e. The lowest BCUT2D eigenvalue weighted by atomic mass is 10.1. The van der Waals surface area contributed by atoms with Gasteiger partial charge in [-0.2, -0.15) is 14.6 Å². The second-order valence-electron chi connectivity index (χ2n) is 9.34. The van der Waals surface area contributed by atoms with Gasteiger partial charge in [-0.3, -0.25) is 18.9 Å². The topological polar surface area (TPSA) is 256 Å². The van der Waals surface area contributed by atoms with Crippen LogP contribution in [0.2, 0.25) is 0 Å². The number of nitrogens with one attached hydrogen (secondary N) is 1. The summed E-state index contributed by atoms with van der Waals surface area (Å²) in [5.41, 5.74) is 11.6. The zero-order chi connectivity index (χ0) is 29.1. The predicted octanol–water partition coefficient (Wildman–Crippen LogP) is -1.54. The van der Waals surface area contributed by atoms with E-state index in [9.17, 15) is 19.9 Å². The lowest BCUT2D eigenvalue weighted by molar-refractivity contribution is -0.0507. The van der Waals surface area contributed by atoms with E-state index in [2.05, 4.69) is 30.0 Å². The molecule has 0 spiro atoms. The number of aromatic nitrogens is 8. The number of alkyl halides is 1. The Hall–Kier alpha value is -3.20. The zero-order valence-electron chi connectivity index (χ0n) is 20.8. The molecule has 2 aliphatic heterocycles. The van der Waals surface area contributed by atoms with Crippen LogP contribution in [0.3, 0.4) is 0 Å². The SMILES string of the molecule is Nc1nc2c(ncn2[C@@H]2OC(CO)[C@@H](F)[C@H]2OP(O)(=S)OC[C@H]2O[C@@H](c3cnn4c(N)ncnc34)C[C@@H]2O)c(=O)[nH]1. The molecule has 0 bridgehead atoms. The Labute approximate surface area is 233 Å². The van der Waals surface area contributed by atoms with E-state index in [1.54, 1.807) is 0 Å². The Balaban J connectivity index is 1.17. The Morgan fingerprint density at radius 2 is 2.05 bits per heavy atom. The average Bonchev–Trinajstić information content (AvgIpc) is 3.69. The van der Waals surface area contributed by atoms with E-state index < -0.39 is 68.4 Å². The van der Waals surface area contributed by atoms with E-state index in [4.69, 9.17) is 41.8 Å². The summed E-state index contributed by atoms with van der Waals surface area (Å²) in [7, 11) is 0. The van der Waals surface area contributed by atoms with Crippen LogP contribution in [0.4, 0.5) is 16.3 Å². The molecular weight excluding hydrogens is 590 g/mol. The van der Waals surface area contributed by atoms with Crippen LogP contribution >= 0.6 is 6.72 Å². The zero-order valence-corrected chi connectivity index (χ0v) is 22.5. The highest BCUT2D eigenvalue weighted by Gasteiger charge is 2.50. The number of H-pyrrole nitrogens is 1. The molecule has 18 nitrogen and oxygen atoms in total. The minimum Gasteiger partial charge on any atom is -0.394 e. The van der Waals surface area contributed by atoms with Crippen LogP contribution in [-0.4, -0.2) is 98.0 Å². The largest absolute Gasteiger partial charge is 0.394 e. The van der Waals surface area contributed by atoms with Gasteiger partial charge in [0.15, 0.2) is 29.2 Å². The number of imidazole rings is 1. The van der Waals surface area contributed by atoms with Gasteiger partial charge in [0.05, 0.1) is 37.9 Å². The molecule has 4 aromatic rings. The normalized spacial score (nSPS) is 29.9. The molecule has 8 N–H and O–H groups in total. The lowest BCUT2D eigenvalue weighted by Gasteiger charge is -2.26. The number of ether oxygens (including phenoxy) is 2. The highest BCUT2D eigenvalue weighted by Crippen LogP contribution is 2.51. The third kappa shape index (κ3) is 5.07. The van der Waals surface area contributed by atoms with Crippen molar-refractivity contribution in [3.05, 3.63) is 34.8 Å². The van der Waals surface area contributed by atoms with Gasteiger partial charge in [0, 0.05) is 12.0 Å². The summed E-state index contributed by atoms with van der Waals surface area (Å²) in [6.07, 6.45) is -4.80. The number of hydrogen-bond acceptors (Lipinski definition) is 15. The monoisotopic (exact) mass is 614 g/mol. The van der Waals surface area contributed by atoms with Crippen LogP contribution in [-0.2, 0) is 30.3 Å². The standard InChI is InChI=1S/C20H24FN10O8PS/c21-12-10(3-32)38-18(30-6-26-13-16(30)28-19(22)29-17(13)34)14(12)39-40(35,41)36-4-11-8(33)1-9(37-11)7-2-27-31-15(7)24-5-25-20(31)23/h2,5-6,8-12,14,18,32-33H,1,3-4H2,(H,35,41)(H2,23,24,25)(H3,22,28,29,34)/t8-,9+,10?,11+,12+,14+,18+,40?/m0/s1. The van der Waals surface area contributed by atoms with Crippen LogP contribution in [0.15, 0.2) is 23.6 Å². The van der Waals surface area contributed by atoms with Gasteiger partial charge in [-0.15, -0.1) is 0 Å². The first-order valence-electron chi connectivity index (χ1n) is 12.1. The maximum atomic E-state index is 15.3. The minimum absolute atomic E-state index is 0.0453. The molecule has 2 aliphatic rings. The van der Waals surface area contributed by atoms with Crippen LogP contribution in [0.25, 0.3) is 16.8 Å². The highest BCUT2D eigenvalue weighted by atomic mass is 32.5. The first-order valence-corrected chi connectivity index (χ1v) is 14.7. The molecular formula is C20H24FN10O8PS. The first-order chi connectivity index (χ1) is 19.6. The summed E-state index contributed by atoms with van der Waals surface area (Å²) in [5.74, 6) is -0.101. The third-order valence-electron chi connectivity index (χ3n) is 6.75. The molecule has 0 radical (unpaired) electrons. The van der Waals surface area contributed by atoms with Crippen molar-refractivity contribution in [3.8, 4) is 0 Å². The van der Waals surface area contributed by atoms with Crippen molar-refractivity contribution < 1.29 is 38.0 Å². The number of hydrogen-bond donors (Lipinski definition) is 6. The summed E-state index contributed by atoms with van der Waals surface area (Å²) in [4.78, 5) is 41.3. The fraction of sp³-hybridized carbons (Fsp3) is 0.500. The van der Waals surface area contributed by atoms with Gasteiger partial charge in [0.1, 0.15) is 24.6 Å². The van der Waals surface area contributed by atoms with Crippen molar-refractivity contribution in [1.82, 2.24) is 39.1 Å². The van der Waals surface area contributed by atoms with Gasteiger partial charge >= 0.3 is 6.72 Å². The molecule has 41 heavy (non-hydrogen) atoms. The Morgan fingerprint density at radius 3 is 2.83 bits per heavy atom. The molecule has 0 aromatic carbocycles. The fourth-order valence-corrected chi connectivity index (χ4v) is 6.22. The van der Waals surface area contributed by atoms with E-state index in [1.165, 1.54) is 21.6 Å². The van der Waals surface area contributed by atoms with Gasteiger partial charge in [-0.05, 0) is 11.8 Å². The molecule has 2 saturated heterocycles. The van der Waals surface area contributed by atoms with Crippen molar-refractivity contribution in [2.45, 2.75) is 49.3 Å². The van der Waals surface area contributed by atoms with Crippen LogP contribution in [0.1, 0.15) is 24.3 Å². The predicted molar refractivity (Wildman–Crippen MR) is 139 cm³/mol. The van der Waals surface area contributed by atoms with E-state index in [1.807, 2.05) is 0 Å². The number of nitrogen functional groups attached to an aromatic ring is 2. The quantitative estimate of drug-likeness (QED) is 0.123. The molecule has 21 heteroatoms. The molecule has 4 aromatic heterocycles. The number of nitrogens with two attached hydrogens (primary N) is 2. The van der Waals surface area contributed by atoms with E-state index in [0.717, 1.165) is 6.33 Å². The summed E-state index contributed by atoms with van der Waals surface area (Å²) in [5, 5.41) is 24.3. The molecule has 2 fully saturated rings. The Bertz CT molecular complexity index is 1700. The van der Waals surface area contributed by atoms with E-state index in [-0.39, 0.29) is 29.5 Å². The number of fused-ring (bicyclic) bond motifs is 2. The minimum atomic E-state index is -4.20. The van der Waals surface area contributed by atoms with Gasteiger partial charge in [-0.1, -0.05) is 0 Å². The summed E-state index contributed by atoms with van der Waals surface area (Å²) < 4.78 is 40.3. The molecule has 6 heterocycles. The first kappa shape index (κ1) is 27.9. The van der Waals surface area contributed by atoms with Crippen LogP contribution < -0.4 is 17.0 Å².